The Kier molecular flexibility index (Phi) is 4.46. The minimum absolute atomic E-state index is 0.104. The van der Waals surface area contributed by atoms with Gasteiger partial charge in [0.1, 0.15) is 0 Å². The van der Waals surface area contributed by atoms with E-state index in [1.54, 1.807) is 6.92 Å². The first-order chi connectivity index (χ1) is 11.1. The molecule has 0 saturated carbocycles. The van der Waals surface area contributed by atoms with Crippen molar-refractivity contribution >= 4 is 28.4 Å². The minimum Gasteiger partial charge on any atom is -0.343 e. The summed E-state index contributed by atoms with van der Waals surface area (Å²) in [5.74, 6) is 0.435. The first kappa shape index (κ1) is 15.3. The van der Waals surface area contributed by atoms with E-state index in [4.69, 9.17) is 0 Å². The van der Waals surface area contributed by atoms with Gasteiger partial charge in [-0.1, -0.05) is 36.4 Å². The molecule has 1 atom stereocenters. The SMILES string of the molecule is CC(=O)N1CCC(CNC(=O)Nc2cccc3ccccc23)C1. The monoisotopic (exact) mass is 311 g/mol. The van der Waals surface area contributed by atoms with Crippen molar-refractivity contribution in [1.29, 1.82) is 0 Å². The molecular formula is C18H21N3O2. The Morgan fingerprint density at radius 1 is 1.17 bits per heavy atom. The van der Waals surface area contributed by atoms with E-state index in [1.165, 1.54) is 0 Å². The highest BCUT2D eigenvalue weighted by molar-refractivity contribution is 6.01. The average molecular weight is 311 g/mol. The molecule has 0 bridgehead atoms. The summed E-state index contributed by atoms with van der Waals surface area (Å²) in [5, 5.41) is 7.94. The molecule has 1 heterocycles. The van der Waals surface area contributed by atoms with Crippen molar-refractivity contribution in [2.24, 2.45) is 5.92 Å². The van der Waals surface area contributed by atoms with Gasteiger partial charge in [-0.15, -0.1) is 0 Å². The van der Waals surface area contributed by atoms with E-state index >= 15 is 0 Å². The number of carbonyl (C=O) groups excluding carboxylic acids is 2. The van der Waals surface area contributed by atoms with Gasteiger partial charge in [-0.25, -0.2) is 4.79 Å². The second-order valence-electron chi connectivity index (χ2n) is 5.98. The van der Waals surface area contributed by atoms with Gasteiger partial charge in [0.05, 0.1) is 5.69 Å². The third-order valence-corrected chi connectivity index (χ3v) is 4.32. The summed E-state index contributed by atoms with van der Waals surface area (Å²) < 4.78 is 0. The number of rotatable bonds is 3. The standard InChI is InChI=1S/C18H21N3O2/c1-13(22)21-10-9-14(12-21)11-19-18(23)20-17-8-4-6-15-5-2-3-7-16(15)17/h2-8,14H,9-12H2,1H3,(H2,19,20,23). The summed E-state index contributed by atoms with van der Waals surface area (Å²) >= 11 is 0. The van der Waals surface area contributed by atoms with Crippen molar-refractivity contribution in [3.63, 3.8) is 0 Å². The van der Waals surface area contributed by atoms with E-state index in [0.29, 0.717) is 12.5 Å². The molecule has 5 nitrogen and oxygen atoms in total. The molecule has 1 aliphatic heterocycles. The normalized spacial score (nSPS) is 17.3. The first-order valence-electron chi connectivity index (χ1n) is 7.91. The van der Waals surface area contributed by atoms with Crippen LogP contribution in [0.15, 0.2) is 42.5 Å². The van der Waals surface area contributed by atoms with E-state index in [0.717, 1.165) is 36.0 Å². The molecular weight excluding hydrogens is 290 g/mol. The van der Waals surface area contributed by atoms with Gasteiger partial charge in [0.25, 0.3) is 0 Å². The van der Waals surface area contributed by atoms with Crippen molar-refractivity contribution in [3.05, 3.63) is 42.5 Å². The van der Waals surface area contributed by atoms with Crippen LogP contribution in [0.5, 0.6) is 0 Å². The van der Waals surface area contributed by atoms with Gasteiger partial charge in [-0.3, -0.25) is 4.79 Å². The summed E-state index contributed by atoms with van der Waals surface area (Å²) in [6.45, 7) is 3.68. The van der Waals surface area contributed by atoms with E-state index in [9.17, 15) is 9.59 Å². The molecule has 0 aromatic heterocycles. The summed E-state index contributed by atoms with van der Waals surface area (Å²) in [6, 6.07) is 13.6. The van der Waals surface area contributed by atoms with Crippen molar-refractivity contribution in [3.8, 4) is 0 Å². The molecule has 23 heavy (non-hydrogen) atoms. The highest BCUT2D eigenvalue weighted by Gasteiger charge is 2.24. The summed E-state index contributed by atoms with van der Waals surface area (Å²) in [4.78, 5) is 25.3. The lowest BCUT2D eigenvalue weighted by atomic mass is 10.1. The number of anilines is 1. The lowest BCUT2D eigenvalue weighted by molar-refractivity contribution is -0.127. The molecule has 3 rings (SSSR count). The number of nitrogens with zero attached hydrogens (tertiary/aromatic N) is 1. The quantitative estimate of drug-likeness (QED) is 0.915. The molecule has 3 amide bonds. The number of benzene rings is 2. The number of fused-ring (bicyclic) bond motifs is 1. The van der Waals surface area contributed by atoms with Crippen LogP contribution in [0.25, 0.3) is 10.8 Å². The number of likely N-dealkylation sites (tertiary alicyclic amines) is 1. The maximum absolute atomic E-state index is 12.1. The first-order valence-corrected chi connectivity index (χ1v) is 7.91. The predicted octanol–water partition coefficient (Wildman–Crippen LogP) is 2.83. The average Bonchev–Trinajstić information content (AvgIpc) is 3.03. The van der Waals surface area contributed by atoms with Gasteiger partial charge in [0.2, 0.25) is 5.91 Å². The molecule has 2 aromatic rings. The largest absolute Gasteiger partial charge is 0.343 e. The highest BCUT2D eigenvalue weighted by atomic mass is 16.2. The Bertz CT molecular complexity index is 724. The predicted molar refractivity (Wildman–Crippen MR) is 91.3 cm³/mol. The Labute approximate surface area is 135 Å². The van der Waals surface area contributed by atoms with Crippen molar-refractivity contribution in [2.75, 3.05) is 25.0 Å². The summed E-state index contributed by atoms with van der Waals surface area (Å²) in [7, 11) is 0. The molecule has 2 aromatic carbocycles. The Morgan fingerprint density at radius 3 is 2.74 bits per heavy atom. The minimum atomic E-state index is -0.206. The molecule has 1 unspecified atom stereocenters. The fourth-order valence-electron chi connectivity index (χ4n) is 3.02. The molecule has 1 fully saturated rings. The van der Waals surface area contributed by atoms with E-state index < -0.39 is 0 Å². The van der Waals surface area contributed by atoms with Gasteiger partial charge in [0.15, 0.2) is 0 Å². The Hall–Kier alpha value is -2.56. The van der Waals surface area contributed by atoms with Crippen LogP contribution in [0.1, 0.15) is 13.3 Å². The summed E-state index contributed by atoms with van der Waals surface area (Å²) in [5.41, 5.74) is 0.803. The van der Waals surface area contributed by atoms with E-state index in [-0.39, 0.29) is 11.9 Å². The zero-order chi connectivity index (χ0) is 16.2. The maximum Gasteiger partial charge on any atom is 0.319 e. The molecule has 0 radical (unpaired) electrons. The van der Waals surface area contributed by atoms with Crippen LogP contribution >= 0.6 is 0 Å². The van der Waals surface area contributed by atoms with Crippen molar-refractivity contribution < 1.29 is 9.59 Å². The fourth-order valence-corrected chi connectivity index (χ4v) is 3.02. The number of amides is 3. The second-order valence-corrected chi connectivity index (χ2v) is 5.98. The lowest BCUT2D eigenvalue weighted by Gasteiger charge is -2.15. The third kappa shape index (κ3) is 3.62. The van der Waals surface area contributed by atoms with Gasteiger partial charge in [-0.05, 0) is 23.8 Å². The second kappa shape index (κ2) is 6.69. The van der Waals surface area contributed by atoms with Crippen molar-refractivity contribution in [2.45, 2.75) is 13.3 Å². The molecule has 2 N–H and O–H groups in total. The Balaban J connectivity index is 1.56. The van der Waals surface area contributed by atoms with Crippen LogP contribution in [-0.4, -0.2) is 36.5 Å². The molecule has 0 spiro atoms. The molecule has 5 heteroatoms. The lowest BCUT2D eigenvalue weighted by Crippen LogP contribution is -2.34. The van der Waals surface area contributed by atoms with Gasteiger partial charge >= 0.3 is 6.03 Å². The zero-order valence-electron chi connectivity index (χ0n) is 13.2. The van der Waals surface area contributed by atoms with Gasteiger partial charge < -0.3 is 15.5 Å². The Morgan fingerprint density at radius 2 is 1.96 bits per heavy atom. The van der Waals surface area contributed by atoms with Gasteiger partial charge in [-0.2, -0.15) is 0 Å². The number of urea groups is 1. The maximum atomic E-state index is 12.1. The van der Waals surface area contributed by atoms with Crippen LogP contribution in [0.2, 0.25) is 0 Å². The van der Waals surface area contributed by atoms with Crippen LogP contribution < -0.4 is 10.6 Å². The zero-order valence-corrected chi connectivity index (χ0v) is 13.2. The van der Waals surface area contributed by atoms with E-state index in [2.05, 4.69) is 10.6 Å². The number of nitrogens with one attached hydrogen (secondary N) is 2. The number of hydrogen-bond donors (Lipinski definition) is 2. The topological polar surface area (TPSA) is 61.4 Å². The summed E-state index contributed by atoms with van der Waals surface area (Å²) in [6.07, 6.45) is 0.939. The molecule has 1 saturated heterocycles. The van der Waals surface area contributed by atoms with Gasteiger partial charge in [0, 0.05) is 31.9 Å². The van der Waals surface area contributed by atoms with Crippen LogP contribution in [0, 0.1) is 5.92 Å². The van der Waals surface area contributed by atoms with Crippen LogP contribution in [0.3, 0.4) is 0 Å². The smallest absolute Gasteiger partial charge is 0.319 e. The molecule has 120 valence electrons. The van der Waals surface area contributed by atoms with E-state index in [1.807, 2.05) is 47.4 Å². The van der Waals surface area contributed by atoms with Crippen molar-refractivity contribution in [1.82, 2.24) is 10.2 Å². The highest BCUT2D eigenvalue weighted by Crippen LogP contribution is 2.22. The fraction of sp³-hybridized carbons (Fsp3) is 0.333. The number of carbonyl (C=O) groups is 2. The van der Waals surface area contributed by atoms with Crippen LogP contribution in [0.4, 0.5) is 10.5 Å². The number of hydrogen-bond acceptors (Lipinski definition) is 2. The third-order valence-electron chi connectivity index (χ3n) is 4.32. The molecule has 1 aliphatic rings. The van der Waals surface area contributed by atoms with Crippen LogP contribution in [-0.2, 0) is 4.79 Å². The molecule has 0 aliphatic carbocycles.